The molecule has 0 N–H and O–H groups in total. The Morgan fingerprint density at radius 3 is 1.10 bits per heavy atom. The number of hydrogen-bond acceptors (Lipinski definition) is 4. The van der Waals surface area contributed by atoms with Crippen LogP contribution in [-0.2, 0) is 0 Å². The van der Waals surface area contributed by atoms with E-state index in [4.69, 9.17) is 19.4 Å². The molecule has 0 unspecified atom stereocenters. The van der Waals surface area contributed by atoms with Crippen molar-refractivity contribution < 1.29 is 4.42 Å². The SMILES string of the molecule is c1ccc2c(c1)oc1ccc(-c3nc(-n4c5ccccc5c5ccccc54)nc(-n4c5ccccc5c5ccccc54)n3)c(-n3c4ccccc4c4ccccc43)c12. The average Bonchev–Trinajstić information content (AvgIpc) is 4.02. The van der Waals surface area contributed by atoms with Crippen molar-refractivity contribution in [2.75, 3.05) is 0 Å². The summed E-state index contributed by atoms with van der Waals surface area (Å²) in [6, 6.07) is 63.6. The molecule has 0 aliphatic rings. The summed E-state index contributed by atoms with van der Waals surface area (Å²) in [6.45, 7) is 0. The number of furan rings is 1. The summed E-state index contributed by atoms with van der Waals surface area (Å²) in [7, 11) is 0. The standard InChI is InChI=1S/C51H30N6O/c1-8-22-39-31(15-1)32-16-2-9-23-40(32)55(39)48-38(29-30-46-47(48)37-21-7-14-28-45(37)58-46)49-52-50(56-41-24-10-3-17-33(41)34-18-4-11-25-42(34)56)54-51(53-49)57-43-26-12-5-19-35(43)36-20-6-13-27-44(36)57/h1-30H. The molecule has 0 aliphatic heterocycles. The predicted octanol–water partition coefficient (Wildman–Crippen LogP) is 12.7. The number of rotatable bonds is 4. The van der Waals surface area contributed by atoms with Crippen molar-refractivity contribution in [3.63, 3.8) is 0 Å². The summed E-state index contributed by atoms with van der Waals surface area (Å²) in [4.78, 5) is 16.4. The Hall–Kier alpha value is -8.03. The van der Waals surface area contributed by atoms with Gasteiger partial charge in [0, 0.05) is 43.3 Å². The highest BCUT2D eigenvalue weighted by molar-refractivity contribution is 6.17. The Kier molecular flexibility index (Phi) is 6.32. The Balaban J connectivity index is 1.22. The molecule has 0 atom stereocenters. The molecule has 0 aliphatic carbocycles. The molecule has 0 spiro atoms. The highest BCUT2D eigenvalue weighted by Gasteiger charge is 2.26. The molecule has 7 heteroatoms. The zero-order valence-corrected chi connectivity index (χ0v) is 30.9. The second-order valence-electron chi connectivity index (χ2n) is 14.8. The number of hydrogen-bond donors (Lipinski definition) is 0. The summed E-state index contributed by atoms with van der Waals surface area (Å²) in [5.41, 5.74) is 9.68. The van der Waals surface area contributed by atoms with Gasteiger partial charge < -0.3 is 8.98 Å². The monoisotopic (exact) mass is 742 g/mol. The lowest BCUT2D eigenvalue weighted by Gasteiger charge is -2.17. The largest absolute Gasteiger partial charge is 0.456 e. The van der Waals surface area contributed by atoms with Gasteiger partial charge >= 0.3 is 0 Å². The number of fused-ring (bicyclic) bond motifs is 12. The molecule has 58 heavy (non-hydrogen) atoms. The van der Waals surface area contributed by atoms with Gasteiger partial charge in [-0.1, -0.05) is 127 Å². The Bertz CT molecular complexity index is 3530. The minimum absolute atomic E-state index is 0.532. The van der Waals surface area contributed by atoms with Gasteiger partial charge in [0.2, 0.25) is 11.9 Å². The number of para-hydroxylation sites is 7. The van der Waals surface area contributed by atoms with Gasteiger partial charge in [-0.15, -0.1) is 0 Å². The zero-order chi connectivity index (χ0) is 37.9. The fourth-order valence-corrected chi connectivity index (χ4v) is 9.33. The Morgan fingerprint density at radius 1 is 0.310 bits per heavy atom. The van der Waals surface area contributed by atoms with E-state index in [0.29, 0.717) is 17.7 Å². The fourth-order valence-electron chi connectivity index (χ4n) is 9.33. The molecule has 270 valence electrons. The van der Waals surface area contributed by atoms with Crippen LogP contribution < -0.4 is 0 Å². The summed E-state index contributed by atoms with van der Waals surface area (Å²) in [6.07, 6.45) is 0. The quantitative estimate of drug-likeness (QED) is 0.180. The first-order valence-electron chi connectivity index (χ1n) is 19.5. The van der Waals surface area contributed by atoms with Gasteiger partial charge in [-0.2, -0.15) is 15.0 Å². The maximum Gasteiger partial charge on any atom is 0.240 e. The van der Waals surface area contributed by atoms with Crippen LogP contribution in [-0.4, -0.2) is 28.7 Å². The van der Waals surface area contributed by atoms with Crippen LogP contribution in [0.4, 0.5) is 0 Å². The molecule has 7 nitrogen and oxygen atoms in total. The van der Waals surface area contributed by atoms with E-state index in [-0.39, 0.29) is 0 Å². The zero-order valence-electron chi connectivity index (χ0n) is 30.9. The Morgan fingerprint density at radius 2 is 0.672 bits per heavy atom. The van der Waals surface area contributed by atoms with E-state index in [0.717, 1.165) is 87.8 Å². The van der Waals surface area contributed by atoms with E-state index in [9.17, 15) is 0 Å². The third kappa shape index (κ3) is 4.24. The van der Waals surface area contributed by atoms with Crippen LogP contribution in [0.2, 0.25) is 0 Å². The summed E-state index contributed by atoms with van der Waals surface area (Å²) < 4.78 is 13.3. The van der Waals surface area contributed by atoms with E-state index >= 15 is 0 Å². The topological polar surface area (TPSA) is 66.6 Å². The van der Waals surface area contributed by atoms with E-state index in [1.54, 1.807) is 0 Å². The molecule has 0 saturated carbocycles. The third-order valence-electron chi connectivity index (χ3n) is 11.7. The van der Waals surface area contributed by atoms with Crippen molar-refractivity contribution in [3.05, 3.63) is 182 Å². The van der Waals surface area contributed by atoms with Crippen molar-refractivity contribution in [1.82, 2.24) is 28.7 Å². The molecule has 13 rings (SSSR count). The number of benzene rings is 8. The van der Waals surface area contributed by atoms with Crippen LogP contribution in [0.5, 0.6) is 0 Å². The van der Waals surface area contributed by atoms with Crippen molar-refractivity contribution in [3.8, 4) is 29.0 Å². The molecule has 5 heterocycles. The van der Waals surface area contributed by atoms with E-state index in [1.807, 2.05) is 12.1 Å². The van der Waals surface area contributed by atoms with Crippen molar-refractivity contribution in [1.29, 1.82) is 0 Å². The fraction of sp³-hybridized carbons (Fsp3) is 0. The second kappa shape index (κ2) is 11.7. The van der Waals surface area contributed by atoms with E-state index < -0.39 is 0 Å². The summed E-state index contributed by atoms with van der Waals surface area (Å²) in [5, 5.41) is 8.90. The lowest BCUT2D eigenvalue weighted by molar-refractivity contribution is 0.669. The highest BCUT2D eigenvalue weighted by atomic mass is 16.3. The molecule has 0 radical (unpaired) electrons. The van der Waals surface area contributed by atoms with Crippen molar-refractivity contribution in [2.45, 2.75) is 0 Å². The molecule has 0 bridgehead atoms. The van der Waals surface area contributed by atoms with Crippen LogP contribution >= 0.6 is 0 Å². The molecular formula is C51H30N6O. The van der Waals surface area contributed by atoms with Crippen LogP contribution in [0.25, 0.3) is 116 Å². The van der Waals surface area contributed by atoms with Crippen molar-refractivity contribution in [2.24, 2.45) is 0 Å². The van der Waals surface area contributed by atoms with Gasteiger partial charge in [0.05, 0.1) is 44.2 Å². The first-order valence-corrected chi connectivity index (χ1v) is 19.5. The first kappa shape index (κ1) is 31.2. The normalized spacial score (nSPS) is 12.1. The molecule has 0 amide bonds. The summed E-state index contributed by atoms with van der Waals surface area (Å²) in [5.74, 6) is 1.61. The molecular weight excluding hydrogens is 713 g/mol. The van der Waals surface area contributed by atoms with Crippen LogP contribution in [0.3, 0.4) is 0 Å². The molecule has 0 fully saturated rings. The smallest absolute Gasteiger partial charge is 0.240 e. The Labute approximate surface area is 330 Å². The van der Waals surface area contributed by atoms with Gasteiger partial charge in [0.25, 0.3) is 0 Å². The van der Waals surface area contributed by atoms with Crippen molar-refractivity contribution >= 4 is 87.4 Å². The van der Waals surface area contributed by atoms with Crippen LogP contribution in [0.15, 0.2) is 186 Å². The van der Waals surface area contributed by atoms with Gasteiger partial charge in [-0.25, -0.2) is 0 Å². The minimum atomic E-state index is 0.532. The predicted molar refractivity (Wildman–Crippen MR) is 236 cm³/mol. The van der Waals surface area contributed by atoms with Crippen LogP contribution in [0, 0.1) is 0 Å². The van der Waals surface area contributed by atoms with E-state index in [1.165, 1.54) is 10.8 Å². The molecule has 8 aromatic carbocycles. The first-order chi connectivity index (χ1) is 28.8. The second-order valence-corrected chi connectivity index (χ2v) is 14.8. The lowest BCUT2D eigenvalue weighted by atomic mass is 10.0. The number of aromatic nitrogens is 6. The van der Waals surface area contributed by atoms with Gasteiger partial charge in [0.1, 0.15) is 11.2 Å². The maximum atomic E-state index is 6.59. The third-order valence-corrected chi connectivity index (χ3v) is 11.7. The van der Waals surface area contributed by atoms with E-state index in [2.05, 4.69) is 184 Å². The average molecular weight is 743 g/mol. The molecule has 0 saturated heterocycles. The minimum Gasteiger partial charge on any atom is -0.456 e. The number of nitrogens with zero attached hydrogens (tertiary/aromatic N) is 6. The maximum absolute atomic E-state index is 6.59. The molecule has 5 aromatic heterocycles. The van der Waals surface area contributed by atoms with Gasteiger partial charge in [-0.3, -0.25) is 9.13 Å². The molecule has 13 aromatic rings. The van der Waals surface area contributed by atoms with Gasteiger partial charge in [-0.05, 0) is 54.6 Å². The summed E-state index contributed by atoms with van der Waals surface area (Å²) >= 11 is 0. The van der Waals surface area contributed by atoms with Crippen LogP contribution in [0.1, 0.15) is 0 Å². The highest BCUT2D eigenvalue weighted by Crippen LogP contribution is 2.43. The van der Waals surface area contributed by atoms with Gasteiger partial charge in [0.15, 0.2) is 5.82 Å². The lowest BCUT2D eigenvalue weighted by Crippen LogP contribution is -2.11.